The highest BCUT2D eigenvalue weighted by Gasteiger charge is 2.36. The number of fused-ring (bicyclic) bond motifs is 3. The van der Waals surface area contributed by atoms with Crippen LogP contribution >= 0.6 is 0 Å². The minimum Gasteiger partial charge on any atom is -0.392 e. The monoisotopic (exact) mass is 558 g/mol. The fourth-order valence-corrected chi connectivity index (χ4v) is 6.41. The Morgan fingerprint density at radius 1 is 0.442 bits per heavy atom. The van der Waals surface area contributed by atoms with Crippen molar-refractivity contribution in [3.63, 3.8) is 0 Å². The van der Waals surface area contributed by atoms with Gasteiger partial charge in [0.25, 0.3) is 0 Å². The smallest absolute Gasteiger partial charge is 0.0682 e. The van der Waals surface area contributed by atoms with Gasteiger partial charge in [0, 0.05) is 39.5 Å². The summed E-state index contributed by atoms with van der Waals surface area (Å²) in [6.07, 6.45) is 0. The van der Waals surface area contributed by atoms with Crippen LogP contribution in [0.25, 0.3) is 11.1 Å². The quantitative estimate of drug-likeness (QED) is 0.211. The average Bonchev–Trinajstić information content (AvgIpc) is 3.28. The lowest BCUT2D eigenvalue weighted by Crippen LogP contribution is -2.17. The molecule has 3 heteroatoms. The second-order valence-corrected chi connectivity index (χ2v) is 11.6. The molecule has 210 valence electrons. The van der Waals surface area contributed by atoms with E-state index in [2.05, 4.69) is 157 Å². The molecule has 43 heavy (non-hydrogen) atoms. The highest BCUT2D eigenvalue weighted by molar-refractivity contribution is 5.88. The van der Waals surface area contributed by atoms with E-state index in [1.165, 1.54) is 22.3 Å². The van der Waals surface area contributed by atoms with Gasteiger partial charge in [-0.1, -0.05) is 92.7 Å². The molecule has 0 atom stereocenters. The summed E-state index contributed by atoms with van der Waals surface area (Å²) in [6, 6.07) is 53.5. The van der Waals surface area contributed by atoms with Gasteiger partial charge in [-0.25, -0.2) is 0 Å². The molecule has 1 aliphatic rings. The Labute approximate surface area is 253 Å². The van der Waals surface area contributed by atoms with Crippen LogP contribution in [-0.2, 0) is 12.0 Å². The fourth-order valence-electron chi connectivity index (χ4n) is 6.41. The van der Waals surface area contributed by atoms with Gasteiger partial charge in [-0.2, -0.15) is 0 Å². The molecule has 0 spiro atoms. The summed E-state index contributed by atoms with van der Waals surface area (Å²) in [4.78, 5) is 4.60. The molecule has 1 N–H and O–H groups in total. The van der Waals surface area contributed by atoms with Gasteiger partial charge in [0.15, 0.2) is 0 Å². The van der Waals surface area contributed by atoms with Crippen LogP contribution in [0, 0.1) is 0 Å². The van der Waals surface area contributed by atoms with Gasteiger partial charge < -0.3 is 14.9 Å². The van der Waals surface area contributed by atoms with Crippen LogP contribution in [0.5, 0.6) is 0 Å². The van der Waals surface area contributed by atoms with Crippen molar-refractivity contribution in [1.29, 1.82) is 0 Å². The second-order valence-electron chi connectivity index (χ2n) is 11.6. The molecule has 0 heterocycles. The Morgan fingerprint density at radius 2 is 0.837 bits per heavy atom. The molecular formula is C40H34N2O. The summed E-state index contributed by atoms with van der Waals surface area (Å²) in [6.45, 7) is 4.67. The Hall–Kier alpha value is -5.12. The number of aliphatic hydroxyl groups excluding tert-OH is 1. The van der Waals surface area contributed by atoms with Crippen molar-refractivity contribution in [2.45, 2.75) is 25.9 Å². The zero-order valence-corrected chi connectivity index (χ0v) is 24.5. The normalized spacial score (nSPS) is 12.8. The maximum atomic E-state index is 9.87. The molecule has 1 aliphatic carbocycles. The average molecular weight is 559 g/mol. The summed E-state index contributed by atoms with van der Waals surface area (Å²) in [5, 5.41) is 9.87. The fraction of sp³-hybridized carbons (Fsp3) is 0.100. The lowest BCUT2D eigenvalue weighted by atomic mass is 9.82. The third-order valence-electron chi connectivity index (χ3n) is 8.55. The van der Waals surface area contributed by atoms with Gasteiger partial charge in [0.1, 0.15) is 0 Å². The van der Waals surface area contributed by atoms with Crippen LogP contribution in [0.4, 0.5) is 34.1 Å². The van der Waals surface area contributed by atoms with Gasteiger partial charge in [-0.05, 0) is 101 Å². The van der Waals surface area contributed by atoms with Gasteiger partial charge in [-0.3, -0.25) is 0 Å². The number of benzene rings is 6. The predicted octanol–water partition coefficient (Wildman–Crippen LogP) is 10.4. The number of para-hydroxylation sites is 3. The lowest BCUT2D eigenvalue weighted by Gasteiger charge is -2.29. The maximum absolute atomic E-state index is 9.87. The Bertz CT molecular complexity index is 1840. The van der Waals surface area contributed by atoms with Crippen molar-refractivity contribution < 1.29 is 5.11 Å². The van der Waals surface area contributed by atoms with Crippen molar-refractivity contribution in [2.24, 2.45) is 0 Å². The molecule has 0 saturated carbocycles. The van der Waals surface area contributed by atoms with Crippen LogP contribution in [0.3, 0.4) is 0 Å². The molecule has 0 unspecified atom stereocenters. The number of aliphatic hydroxyl groups is 1. The molecule has 0 bridgehead atoms. The molecule has 0 aliphatic heterocycles. The molecule has 3 nitrogen and oxygen atoms in total. The topological polar surface area (TPSA) is 26.7 Å². The first-order chi connectivity index (χ1) is 21.0. The van der Waals surface area contributed by atoms with Crippen LogP contribution in [0.15, 0.2) is 152 Å². The number of rotatable bonds is 7. The Balaban J connectivity index is 1.34. The molecular weight excluding hydrogens is 524 g/mol. The number of anilines is 6. The predicted molar refractivity (Wildman–Crippen MR) is 179 cm³/mol. The van der Waals surface area contributed by atoms with E-state index in [1.807, 2.05) is 18.2 Å². The SMILES string of the molecule is CC1(C)c2cc(N(c3ccccc3)c3ccccc3)ccc2-c2ccc(N(c3ccccc3)c3cccc(CO)c3)cc21. The van der Waals surface area contributed by atoms with Crippen LogP contribution in [0.1, 0.15) is 30.5 Å². The number of nitrogens with zero attached hydrogens (tertiary/aromatic N) is 2. The van der Waals surface area contributed by atoms with Gasteiger partial charge >= 0.3 is 0 Å². The van der Waals surface area contributed by atoms with Crippen molar-refractivity contribution in [2.75, 3.05) is 9.80 Å². The first kappa shape index (κ1) is 26.8. The van der Waals surface area contributed by atoms with E-state index >= 15 is 0 Å². The summed E-state index contributed by atoms with van der Waals surface area (Å²) in [5.74, 6) is 0. The summed E-state index contributed by atoms with van der Waals surface area (Å²) < 4.78 is 0. The van der Waals surface area contributed by atoms with Crippen LogP contribution in [0.2, 0.25) is 0 Å². The number of hydrogen-bond acceptors (Lipinski definition) is 3. The second kappa shape index (κ2) is 10.9. The van der Waals surface area contributed by atoms with E-state index in [-0.39, 0.29) is 12.0 Å². The maximum Gasteiger partial charge on any atom is 0.0682 e. The van der Waals surface area contributed by atoms with E-state index in [0.29, 0.717) is 0 Å². The zero-order chi connectivity index (χ0) is 29.4. The Kier molecular flexibility index (Phi) is 6.81. The van der Waals surface area contributed by atoms with E-state index in [0.717, 1.165) is 39.7 Å². The first-order valence-corrected chi connectivity index (χ1v) is 14.8. The van der Waals surface area contributed by atoms with Crippen LogP contribution in [-0.4, -0.2) is 5.11 Å². The van der Waals surface area contributed by atoms with Crippen molar-refractivity contribution in [3.05, 3.63) is 168 Å². The molecule has 7 rings (SSSR count). The minimum absolute atomic E-state index is 0.00825. The number of hydrogen-bond donors (Lipinski definition) is 1. The van der Waals surface area contributed by atoms with E-state index in [4.69, 9.17) is 0 Å². The van der Waals surface area contributed by atoms with Crippen molar-refractivity contribution >= 4 is 34.1 Å². The van der Waals surface area contributed by atoms with Crippen LogP contribution < -0.4 is 9.80 Å². The summed E-state index contributed by atoms with van der Waals surface area (Å²) in [5.41, 5.74) is 12.5. The lowest BCUT2D eigenvalue weighted by molar-refractivity contribution is 0.282. The Morgan fingerprint density at radius 3 is 1.28 bits per heavy atom. The molecule has 0 aromatic heterocycles. The van der Waals surface area contributed by atoms with E-state index in [1.54, 1.807) is 0 Å². The third kappa shape index (κ3) is 4.78. The largest absolute Gasteiger partial charge is 0.392 e. The van der Waals surface area contributed by atoms with Gasteiger partial charge in [0.2, 0.25) is 0 Å². The third-order valence-corrected chi connectivity index (χ3v) is 8.55. The molecule has 0 radical (unpaired) electrons. The van der Waals surface area contributed by atoms with E-state index in [9.17, 15) is 5.11 Å². The standard InChI is InChI=1S/C40H34N2O/c1-40(2)38-26-34(41(30-14-6-3-7-15-30)31-16-8-4-9-17-31)21-23-36(38)37-24-22-35(27-39(37)40)42(32-18-10-5-11-19-32)33-20-12-13-29(25-33)28-43/h3-27,43H,28H2,1-2H3. The molecule has 0 saturated heterocycles. The van der Waals surface area contributed by atoms with Gasteiger partial charge in [0.05, 0.1) is 6.61 Å². The summed E-state index contributed by atoms with van der Waals surface area (Å²) in [7, 11) is 0. The molecule has 6 aromatic rings. The minimum atomic E-state index is -0.203. The highest BCUT2D eigenvalue weighted by Crippen LogP contribution is 2.52. The first-order valence-electron chi connectivity index (χ1n) is 14.8. The van der Waals surface area contributed by atoms with Crippen molar-refractivity contribution in [3.8, 4) is 11.1 Å². The molecule has 0 fully saturated rings. The van der Waals surface area contributed by atoms with Gasteiger partial charge in [-0.15, -0.1) is 0 Å². The molecule has 0 amide bonds. The van der Waals surface area contributed by atoms with E-state index < -0.39 is 0 Å². The summed E-state index contributed by atoms with van der Waals surface area (Å²) >= 11 is 0. The highest BCUT2D eigenvalue weighted by atomic mass is 16.3. The molecule has 6 aromatic carbocycles. The van der Waals surface area contributed by atoms with Crippen molar-refractivity contribution in [1.82, 2.24) is 0 Å². The zero-order valence-electron chi connectivity index (χ0n) is 24.5.